The number of carbonyl (C=O) groups excluding carboxylic acids is 3. The molecule has 0 aliphatic carbocycles. The Morgan fingerprint density at radius 3 is 2.23 bits per heavy atom. The van der Waals surface area contributed by atoms with Crippen molar-refractivity contribution in [2.24, 2.45) is 11.8 Å². The van der Waals surface area contributed by atoms with Crippen molar-refractivity contribution in [2.45, 2.75) is 129 Å². The van der Waals surface area contributed by atoms with Crippen LogP contribution in [0.3, 0.4) is 0 Å². The van der Waals surface area contributed by atoms with Crippen LogP contribution in [-0.4, -0.2) is 125 Å². The standard InChI is InChI=1S/C47H66O13/c1-29-20-19-21-31(3)42(53)38(50)24-17-11-10-12-18-25-40(60-41(52)27-26-30(2)39(51)28-29)33(5)43(54)32(4)36(48)22-15-13-14-16-23-37(49)34(6)58-47-46(57-9)44(55)45(56-8)35(7)59-47/h10-24,26,28,32-35,37-40,43-47,49-51,54-55H,25,27H2,1-9H3/b11-10-,14-13+,18-12-,20-19-,22-15+,23-16+,24-17-,29-28-,30-26-,31-21-/t32?,33?,34?,35-,37?,38?,39?,40?,43?,44+,45+,46-,47-/m1/s1. The summed E-state index contributed by atoms with van der Waals surface area (Å²) in [5, 5.41) is 53.5. The topological polar surface area (TPSA) is 199 Å². The Bertz CT molecular complexity index is 1700. The lowest BCUT2D eigenvalue weighted by molar-refractivity contribution is -0.314. The van der Waals surface area contributed by atoms with Gasteiger partial charge in [-0.2, -0.15) is 0 Å². The van der Waals surface area contributed by atoms with E-state index in [1.54, 1.807) is 121 Å². The summed E-state index contributed by atoms with van der Waals surface area (Å²) in [6, 6.07) is 0. The van der Waals surface area contributed by atoms with E-state index in [2.05, 4.69) is 0 Å². The Kier molecular flexibility index (Phi) is 23.3. The number of hydrogen-bond acceptors (Lipinski definition) is 13. The molecule has 332 valence electrons. The molecular weight excluding hydrogens is 773 g/mol. The van der Waals surface area contributed by atoms with Crippen molar-refractivity contribution >= 4 is 17.5 Å². The van der Waals surface area contributed by atoms with Gasteiger partial charge in [0, 0.05) is 32.5 Å². The Morgan fingerprint density at radius 1 is 0.883 bits per heavy atom. The zero-order valence-corrected chi connectivity index (χ0v) is 36.2. The third-order valence-corrected chi connectivity index (χ3v) is 10.4. The molecule has 2 aliphatic rings. The highest BCUT2D eigenvalue weighted by molar-refractivity contribution is 5.99. The van der Waals surface area contributed by atoms with Crippen LogP contribution in [0.15, 0.2) is 120 Å². The molecule has 2 heterocycles. The third kappa shape index (κ3) is 17.1. The first-order chi connectivity index (χ1) is 28.4. The van der Waals surface area contributed by atoms with Gasteiger partial charge in [-0.05, 0) is 64.0 Å². The molecule has 13 nitrogen and oxygen atoms in total. The molecule has 0 bridgehead atoms. The van der Waals surface area contributed by atoms with Gasteiger partial charge in [0.05, 0.1) is 36.9 Å². The predicted octanol–water partition coefficient (Wildman–Crippen LogP) is 4.82. The van der Waals surface area contributed by atoms with Gasteiger partial charge in [-0.25, -0.2) is 0 Å². The summed E-state index contributed by atoms with van der Waals surface area (Å²) in [6.07, 6.45) is 17.1. The van der Waals surface area contributed by atoms with Crippen molar-refractivity contribution in [2.75, 3.05) is 14.2 Å². The summed E-state index contributed by atoms with van der Waals surface area (Å²) in [4.78, 5) is 38.7. The molecule has 60 heavy (non-hydrogen) atoms. The van der Waals surface area contributed by atoms with Gasteiger partial charge in [0.15, 0.2) is 17.9 Å². The number of esters is 1. The second kappa shape index (κ2) is 26.9. The molecule has 0 spiro atoms. The van der Waals surface area contributed by atoms with Gasteiger partial charge in [0.1, 0.15) is 30.5 Å². The molecule has 0 radical (unpaired) electrons. The molecule has 0 amide bonds. The van der Waals surface area contributed by atoms with Crippen LogP contribution in [0.5, 0.6) is 0 Å². The lowest BCUT2D eigenvalue weighted by Crippen LogP contribution is -2.59. The van der Waals surface area contributed by atoms with E-state index in [-0.39, 0.29) is 18.6 Å². The summed E-state index contributed by atoms with van der Waals surface area (Å²) < 4.78 is 28.2. The van der Waals surface area contributed by atoms with E-state index in [1.165, 1.54) is 44.6 Å². The van der Waals surface area contributed by atoms with Crippen LogP contribution in [-0.2, 0) is 38.1 Å². The number of cyclic esters (lactones) is 1. The van der Waals surface area contributed by atoms with Gasteiger partial charge < -0.3 is 49.2 Å². The van der Waals surface area contributed by atoms with Crippen molar-refractivity contribution in [3.63, 3.8) is 0 Å². The molecule has 2 aliphatic heterocycles. The number of aliphatic hydroxyl groups excluding tert-OH is 5. The van der Waals surface area contributed by atoms with Crippen LogP contribution < -0.4 is 0 Å². The normalized spacial score (nSPS) is 34.3. The van der Waals surface area contributed by atoms with E-state index >= 15 is 0 Å². The molecule has 0 saturated carbocycles. The third-order valence-electron chi connectivity index (χ3n) is 10.4. The van der Waals surface area contributed by atoms with Gasteiger partial charge in [-0.3, -0.25) is 14.4 Å². The molecule has 13 heteroatoms. The minimum absolute atomic E-state index is 0.130. The van der Waals surface area contributed by atoms with E-state index in [4.69, 9.17) is 23.7 Å². The van der Waals surface area contributed by atoms with E-state index in [1.807, 2.05) is 0 Å². The molecular formula is C47H66O13. The lowest BCUT2D eigenvalue weighted by Gasteiger charge is -2.43. The maximum Gasteiger partial charge on any atom is 0.309 e. The molecule has 2 rings (SSSR count). The second-order valence-corrected chi connectivity index (χ2v) is 15.1. The molecule has 8 unspecified atom stereocenters. The first-order valence-electron chi connectivity index (χ1n) is 20.2. The summed E-state index contributed by atoms with van der Waals surface area (Å²) >= 11 is 0. The van der Waals surface area contributed by atoms with E-state index < -0.39 is 90.9 Å². The lowest BCUT2D eigenvalue weighted by atomic mass is 9.85. The Balaban J connectivity index is 2.11. The fourth-order valence-corrected chi connectivity index (χ4v) is 6.31. The number of ketones is 2. The zero-order chi connectivity index (χ0) is 44.9. The molecule has 13 atom stereocenters. The number of ether oxygens (including phenoxy) is 5. The molecule has 5 N–H and O–H groups in total. The van der Waals surface area contributed by atoms with Gasteiger partial charge in [-0.15, -0.1) is 0 Å². The number of Topliss-reactive ketones (excluding diaryl/α,β-unsaturated/α-hetero) is 1. The summed E-state index contributed by atoms with van der Waals surface area (Å²) in [6.45, 7) is 11.8. The highest BCUT2D eigenvalue weighted by atomic mass is 16.7. The average Bonchev–Trinajstić information content (AvgIpc) is 3.21. The number of methoxy groups -OCH3 is 2. The van der Waals surface area contributed by atoms with Gasteiger partial charge >= 0.3 is 5.97 Å². The smallest absolute Gasteiger partial charge is 0.309 e. The van der Waals surface area contributed by atoms with Gasteiger partial charge in [0.2, 0.25) is 0 Å². The molecule has 1 saturated heterocycles. The number of carbonyl (C=O) groups is 3. The van der Waals surface area contributed by atoms with E-state index in [0.717, 1.165) is 0 Å². The zero-order valence-electron chi connectivity index (χ0n) is 36.2. The number of rotatable bonds is 13. The van der Waals surface area contributed by atoms with Crippen LogP contribution in [0.1, 0.15) is 61.3 Å². The monoisotopic (exact) mass is 838 g/mol. The van der Waals surface area contributed by atoms with E-state index in [0.29, 0.717) is 16.7 Å². The van der Waals surface area contributed by atoms with Crippen molar-refractivity contribution in [1.29, 1.82) is 0 Å². The van der Waals surface area contributed by atoms with Crippen molar-refractivity contribution < 1.29 is 63.6 Å². The average molecular weight is 839 g/mol. The number of aliphatic hydroxyl groups is 5. The molecule has 0 aromatic carbocycles. The largest absolute Gasteiger partial charge is 0.461 e. The maximum absolute atomic E-state index is 13.1. The van der Waals surface area contributed by atoms with Crippen LogP contribution in [0, 0.1) is 11.8 Å². The molecule has 0 aromatic rings. The number of hydrogen-bond donors (Lipinski definition) is 5. The second-order valence-electron chi connectivity index (χ2n) is 15.1. The summed E-state index contributed by atoms with van der Waals surface area (Å²) in [7, 11) is 2.90. The fraction of sp³-hybridized carbons (Fsp3) is 0.511. The first kappa shape index (κ1) is 52.0. The summed E-state index contributed by atoms with van der Waals surface area (Å²) in [5.41, 5.74) is 1.59. The van der Waals surface area contributed by atoms with Gasteiger partial charge in [0.25, 0.3) is 0 Å². The van der Waals surface area contributed by atoms with Crippen molar-refractivity contribution in [3.05, 3.63) is 120 Å². The maximum atomic E-state index is 13.1. The Hall–Kier alpha value is -4.15. The summed E-state index contributed by atoms with van der Waals surface area (Å²) in [5.74, 6) is -2.90. The van der Waals surface area contributed by atoms with Crippen LogP contribution in [0.25, 0.3) is 0 Å². The Labute approximate surface area is 355 Å². The van der Waals surface area contributed by atoms with Crippen molar-refractivity contribution in [1.82, 2.24) is 0 Å². The van der Waals surface area contributed by atoms with Gasteiger partial charge in [-0.1, -0.05) is 104 Å². The molecule has 1 fully saturated rings. The first-order valence-corrected chi connectivity index (χ1v) is 20.2. The highest BCUT2D eigenvalue weighted by Gasteiger charge is 2.45. The van der Waals surface area contributed by atoms with Crippen LogP contribution in [0.2, 0.25) is 0 Å². The number of allylic oxidation sites excluding steroid dienone is 13. The van der Waals surface area contributed by atoms with Crippen LogP contribution in [0.4, 0.5) is 0 Å². The minimum atomic E-state index is -1.33. The highest BCUT2D eigenvalue weighted by Crippen LogP contribution is 2.27. The SMILES string of the molecule is CO[C@@H]1[C@H](O)[C@@H](OC)[C@H](OC(C)C(O)/C=C/C=C/C=C/C(=O)C(C)C(O)C(C)C2C\C=C/C=C\C=C/C(O)C(=O)\C(C)=C/C=C\C(C)=C/C(O)/C(C)=C\CC(=O)O2)O[C@@H]1C. The predicted molar refractivity (Wildman–Crippen MR) is 229 cm³/mol. The quantitative estimate of drug-likeness (QED) is 0.0734. The van der Waals surface area contributed by atoms with Crippen molar-refractivity contribution in [3.8, 4) is 0 Å². The van der Waals surface area contributed by atoms with E-state index in [9.17, 15) is 39.9 Å². The Morgan fingerprint density at radius 2 is 1.55 bits per heavy atom. The van der Waals surface area contributed by atoms with Crippen LogP contribution >= 0.6 is 0 Å². The minimum Gasteiger partial charge on any atom is -0.461 e. The molecule has 0 aromatic heterocycles. The fourth-order valence-electron chi connectivity index (χ4n) is 6.31.